The molecule has 30 heavy (non-hydrogen) atoms. The number of carbonyl (C=O) groups is 1. The molecule has 0 atom stereocenters. The van der Waals surface area contributed by atoms with Crippen molar-refractivity contribution >= 4 is 22.5 Å². The van der Waals surface area contributed by atoms with Crippen molar-refractivity contribution in [3.8, 4) is 11.3 Å². The summed E-state index contributed by atoms with van der Waals surface area (Å²) in [5.41, 5.74) is 2.90. The number of amides is 1. The van der Waals surface area contributed by atoms with Crippen LogP contribution in [-0.2, 0) is 6.18 Å². The number of halogens is 3. The number of carbonyl (C=O) groups excluding carboxylic acids is 1. The molecule has 0 aliphatic heterocycles. The highest BCUT2D eigenvalue weighted by Gasteiger charge is 2.30. The van der Waals surface area contributed by atoms with Crippen LogP contribution in [0, 0.1) is 6.92 Å². The normalized spacial score (nSPS) is 11.5. The minimum absolute atomic E-state index is 0.274. The number of benzene rings is 2. The molecule has 0 saturated heterocycles. The molecule has 1 N–H and O–H groups in total. The maximum atomic E-state index is 13.0. The van der Waals surface area contributed by atoms with Gasteiger partial charge in [0.15, 0.2) is 0 Å². The summed E-state index contributed by atoms with van der Waals surface area (Å²) in [6.07, 6.45) is -1.16. The molecule has 4 nitrogen and oxygen atoms in total. The third kappa shape index (κ3) is 4.00. The summed E-state index contributed by atoms with van der Waals surface area (Å²) in [6, 6.07) is 15.2. The van der Waals surface area contributed by atoms with E-state index in [1.807, 2.05) is 25.1 Å². The first-order valence-electron chi connectivity index (χ1n) is 9.12. The molecule has 0 unspecified atom stereocenters. The number of nitrogens with zero attached hydrogens (tertiary/aromatic N) is 2. The Morgan fingerprint density at radius 1 is 0.933 bits per heavy atom. The van der Waals surface area contributed by atoms with Gasteiger partial charge in [-0.25, -0.2) is 4.98 Å². The number of nitrogens with one attached hydrogen (secondary N) is 1. The molecule has 1 amide bonds. The molecule has 0 saturated carbocycles. The van der Waals surface area contributed by atoms with E-state index in [4.69, 9.17) is 0 Å². The Hall–Kier alpha value is -3.74. The van der Waals surface area contributed by atoms with Gasteiger partial charge in [0.1, 0.15) is 0 Å². The number of pyridine rings is 2. The average Bonchev–Trinajstić information content (AvgIpc) is 2.73. The highest BCUT2D eigenvalue weighted by Crippen LogP contribution is 2.30. The molecule has 0 fully saturated rings. The number of hydrogen-bond acceptors (Lipinski definition) is 3. The van der Waals surface area contributed by atoms with Crippen LogP contribution in [0.25, 0.3) is 22.2 Å². The zero-order valence-corrected chi connectivity index (χ0v) is 15.9. The van der Waals surface area contributed by atoms with Gasteiger partial charge in [-0.3, -0.25) is 9.78 Å². The molecule has 0 aliphatic rings. The smallest absolute Gasteiger partial charge is 0.322 e. The van der Waals surface area contributed by atoms with Gasteiger partial charge in [-0.2, -0.15) is 13.2 Å². The topological polar surface area (TPSA) is 54.9 Å². The zero-order chi connectivity index (χ0) is 21.3. The van der Waals surface area contributed by atoms with Gasteiger partial charge in [0.2, 0.25) is 0 Å². The fraction of sp³-hybridized carbons (Fsp3) is 0.0870. The maximum Gasteiger partial charge on any atom is 0.416 e. The van der Waals surface area contributed by atoms with E-state index in [0.717, 1.165) is 23.3 Å². The van der Waals surface area contributed by atoms with E-state index in [2.05, 4.69) is 15.3 Å². The second-order valence-electron chi connectivity index (χ2n) is 6.84. The Morgan fingerprint density at radius 2 is 1.63 bits per heavy atom. The molecule has 2 aromatic heterocycles. The molecular weight excluding hydrogens is 391 g/mol. The van der Waals surface area contributed by atoms with Crippen molar-refractivity contribution in [1.29, 1.82) is 0 Å². The Kier molecular flexibility index (Phi) is 4.95. The van der Waals surface area contributed by atoms with Crippen LogP contribution < -0.4 is 5.32 Å². The number of aromatic nitrogens is 2. The molecule has 0 radical (unpaired) electrons. The quantitative estimate of drug-likeness (QED) is 0.462. The number of hydrogen-bond donors (Lipinski definition) is 1. The van der Waals surface area contributed by atoms with Crippen molar-refractivity contribution < 1.29 is 18.0 Å². The minimum atomic E-state index is -4.43. The van der Waals surface area contributed by atoms with Crippen LogP contribution in [0.3, 0.4) is 0 Å². The lowest BCUT2D eigenvalue weighted by molar-refractivity contribution is -0.137. The Balaban J connectivity index is 1.74. The fourth-order valence-corrected chi connectivity index (χ4v) is 3.14. The van der Waals surface area contributed by atoms with Crippen molar-refractivity contribution in [2.45, 2.75) is 13.1 Å². The van der Waals surface area contributed by atoms with Crippen LogP contribution in [0.5, 0.6) is 0 Å². The first-order valence-corrected chi connectivity index (χ1v) is 9.12. The molecule has 0 bridgehead atoms. The average molecular weight is 407 g/mol. The van der Waals surface area contributed by atoms with Gasteiger partial charge in [-0.1, -0.05) is 11.6 Å². The summed E-state index contributed by atoms with van der Waals surface area (Å²) >= 11 is 0. The van der Waals surface area contributed by atoms with E-state index in [1.54, 1.807) is 30.6 Å². The monoisotopic (exact) mass is 407 g/mol. The molecule has 0 spiro atoms. The summed E-state index contributed by atoms with van der Waals surface area (Å²) < 4.78 is 38.3. The van der Waals surface area contributed by atoms with E-state index in [9.17, 15) is 18.0 Å². The summed E-state index contributed by atoms with van der Waals surface area (Å²) in [7, 11) is 0. The van der Waals surface area contributed by atoms with Crippen LogP contribution in [0.15, 0.2) is 73.1 Å². The second kappa shape index (κ2) is 7.59. The van der Waals surface area contributed by atoms with Gasteiger partial charge in [0, 0.05) is 29.0 Å². The summed E-state index contributed by atoms with van der Waals surface area (Å²) in [6.45, 7) is 1.91. The molecule has 2 heterocycles. The van der Waals surface area contributed by atoms with Crippen molar-refractivity contribution in [3.63, 3.8) is 0 Å². The lowest BCUT2D eigenvalue weighted by atomic mass is 10.0. The molecule has 4 aromatic rings. The molecule has 4 rings (SSSR count). The number of anilines is 1. The Morgan fingerprint density at radius 3 is 2.30 bits per heavy atom. The second-order valence-corrected chi connectivity index (χ2v) is 6.84. The summed E-state index contributed by atoms with van der Waals surface area (Å²) in [4.78, 5) is 21.7. The highest BCUT2D eigenvalue weighted by atomic mass is 19.4. The maximum absolute atomic E-state index is 13.0. The molecule has 7 heteroatoms. The number of rotatable bonds is 3. The minimum Gasteiger partial charge on any atom is -0.322 e. The first-order chi connectivity index (χ1) is 14.3. The van der Waals surface area contributed by atoms with Crippen LogP contribution in [0.2, 0.25) is 0 Å². The zero-order valence-electron chi connectivity index (χ0n) is 15.9. The Bertz CT molecular complexity index is 1220. The van der Waals surface area contributed by atoms with Gasteiger partial charge in [-0.15, -0.1) is 0 Å². The molecule has 2 aromatic carbocycles. The fourth-order valence-electron chi connectivity index (χ4n) is 3.14. The van der Waals surface area contributed by atoms with Gasteiger partial charge in [0.05, 0.1) is 22.3 Å². The van der Waals surface area contributed by atoms with Gasteiger partial charge in [0.25, 0.3) is 5.91 Å². The largest absolute Gasteiger partial charge is 0.416 e. The number of alkyl halides is 3. The van der Waals surface area contributed by atoms with Gasteiger partial charge < -0.3 is 5.32 Å². The summed E-state index contributed by atoms with van der Waals surface area (Å²) in [5.74, 6) is -0.428. The highest BCUT2D eigenvalue weighted by molar-refractivity contribution is 6.13. The standard InChI is InChI=1S/C23H16F3N3O/c1-14-2-7-20-18(12-14)19(13-21(29-20)15-8-10-27-11-9-15)22(30)28-17-5-3-16(4-6-17)23(24,25)26/h2-13H,1H3,(H,28,30). The predicted molar refractivity (Wildman–Crippen MR) is 109 cm³/mol. The molecular formula is C23H16F3N3O. The third-order valence-electron chi connectivity index (χ3n) is 4.65. The van der Waals surface area contributed by atoms with E-state index in [-0.39, 0.29) is 5.69 Å². The van der Waals surface area contributed by atoms with E-state index < -0.39 is 17.6 Å². The van der Waals surface area contributed by atoms with Crippen LogP contribution >= 0.6 is 0 Å². The number of aryl methyl sites for hydroxylation is 1. The van der Waals surface area contributed by atoms with Crippen molar-refractivity contribution in [1.82, 2.24) is 9.97 Å². The van der Waals surface area contributed by atoms with Crippen LogP contribution in [-0.4, -0.2) is 15.9 Å². The lowest BCUT2D eigenvalue weighted by Gasteiger charge is -2.12. The predicted octanol–water partition coefficient (Wildman–Crippen LogP) is 5.88. The van der Waals surface area contributed by atoms with Crippen molar-refractivity contribution in [2.24, 2.45) is 0 Å². The van der Waals surface area contributed by atoms with Crippen LogP contribution in [0.4, 0.5) is 18.9 Å². The third-order valence-corrected chi connectivity index (χ3v) is 4.65. The van der Waals surface area contributed by atoms with E-state index in [0.29, 0.717) is 22.2 Å². The van der Waals surface area contributed by atoms with Crippen molar-refractivity contribution in [2.75, 3.05) is 5.32 Å². The van der Waals surface area contributed by atoms with Gasteiger partial charge >= 0.3 is 6.18 Å². The van der Waals surface area contributed by atoms with Gasteiger partial charge in [-0.05, 0) is 61.5 Å². The SMILES string of the molecule is Cc1ccc2nc(-c3ccncc3)cc(C(=O)Nc3ccc(C(F)(F)F)cc3)c2c1. The first kappa shape index (κ1) is 19.6. The Labute approximate surface area is 170 Å². The van der Waals surface area contributed by atoms with E-state index in [1.165, 1.54) is 12.1 Å². The van der Waals surface area contributed by atoms with E-state index >= 15 is 0 Å². The van der Waals surface area contributed by atoms with Crippen LogP contribution in [0.1, 0.15) is 21.5 Å². The lowest BCUT2D eigenvalue weighted by Crippen LogP contribution is -2.13. The molecule has 150 valence electrons. The molecule has 0 aliphatic carbocycles. The summed E-state index contributed by atoms with van der Waals surface area (Å²) in [5, 5.41) is 3.34. The number of fused-ring (bicyclic) bond motifs is 1. The van der Waals surface area contributed by atoms with Crippen molar-refractivity contribution in [3.05, 3.63) is 89.7 Å².